The van der Waals surface area contributed by atoms with Crippen molar-refractivity contribution in [3.63, 3.8) is 0 Å². The smallest absolute Gasteiger partial charge is 0.347 e. The van der Waals surface area contributed by atoms with Gasteiger partial charge in [-0.15, -0.1) is 0 Å². The van der Waals surface area contributed by atoms with E-state index in [0.29, 0.717) is 25.3 Å². The maximum atomic E-state index is 12.7. The van der Waals surface area contributed by atoms with E-state index in [0.717, 1.165) is 5.56 Å². The number of halogens is 3. The molecule has 1 N–H and O–H groups in total. The van der Waals surface area contributed by atoms with E-state index >= 15 is 0 Å². The second kappa shape index (κ2) is 7.11. The molecule has 0 aliphatic carbocycles. The highest BCUT2D eigenvalue weighted by Gasteiger charge is 2.31. The zero-order chi connectivity index (χ0) is 16.1. The summed E-state index contributed by atoms with van der Waals surface area (Å²) in [6.45, 7) is 7.76. The fourth-order valence-electron chi connectivity index (χ4n) is 1.96. The first-order valence-electron chi connectivity index (χ1n) is 7.13. The van der Waals surface area contributed by atoms with Crippen molar-refractivity contribution in [1.82, 2.24) is 10.3 Å². The predicted molar refractivity (Wildman–Crippen MR) is 79.4 cm³/mol. The SMILES string of the molecule is CCCN(CC(F)(F)F)c1ncccc1CNC(C)(C)C. The first-order chi connectivity index (χ1) is 9.62. The minimum absolute atomic E-state index is 0.104. The van der Waals surface area contributed by atoms with Crippen LogP contribution in [0.4, 0.5) is 19.0 Å². The Kier molecular flexibility index (Phi) is 6.01. The van der Waals surface area contributed by atoms with Gasteiger partial charge in [0.05, 0.1) is 0 Å². The molecule has 21 heavy (non-hydrogen) atoms. The lowest BCUT2D eigenvalue weighted by atomic mass is 10.1. The number of nitrogens with zero attached hydrogens (tertiary/aromatic N) is 2. The summed E-state index contributed by atoms with van der Waals surface area (Å²) in [5, 5.41) is 3.29. The molecule has 1 rings (SSSR count). The van der Waals surface area contributed by atoms with E-state index in [4.69, 9.17) is 0 Å². The zero-order valence-electron chi connectivity index (χ0n) is 13.1. The quantitative estimate of drug-likeness (QED) is 0.867. The molecule has 0 spiro atoms. The molecule has 0 bridgehead atoms. The summed E-state index contributed by atoms with van der Waals surface area (Å²) in [6, 6.07) is 3.57. The van der Waals surface area contributed by atoms with E-state index < -0.39 is 12.7 Å². The van der Waals surface area contributed by atoms with Crippen LogP contribution in [0.25, 0.3) is 0 Å². The molecule has 1 aromatic heterocycles. The van der Waals surface area contributed by atoms with E-state index in [1.807, 2.05) is 33.8 Å². The van der Waals surface area contributed by atoms with Crippen molar-refractivity contribution in [3.05, 3.63) is 23.9 Å². The maximum absolute atomic E-state index is 12.7. The summed E-state index contributed by atoms with van der Waals surface area (Å²) < 4.78 is 38.2. The van der Waals surface area contributed by atoms with Crippen LogP contribution in [-0.2, 0) is 6.54 Å². The molecule has 0 saturated carbocycles. The Morgan fingerprint density at radius 2 is 1.90 bits per heavy atom. The Bertz CT molecular complexity index is 439. The highest BCUT2D eigenvalue weighted by molar-refractivity contribution is 5.47. The van der Waals surface area contributed by atoms with Gasteiger partial charge < -0.3 is 10.2 Å². The monoisotopic (exact) mass is 303 g/mol. The fourth-order valence-corrected chi connectivity index (χ4v) is 1.96. The van der Waals surface area contributed by atoms with Gasteiger partial charge >= 0.3 is 6.18 Å². The average molecular weight is 303 g/mol. The molecule has 120 valence electrons. The van der Waals surface area contributed by atoms with Gasteiger partial charge in [0.2, 0.25) is 0 Å². The number of hydrogen-bond acceptors (Lipinski definition) is 3. The Balaban J connectivity index is 2.96. The lowest BCUT2D eigenvalue weighted by molar-refractivity contribution is -0.119. The summed E-state index contributed by atoms with van der Waals surface area (Å²) in [7, 11) is 0. The number of aromatic nitrogens is 1. The molecule has 0 fully saturated rings. The van der Waals surface area contributed by atoms with Gasteiger partial charge in [-0.2, -0.15) is 13.2 Å². The number of rotatable bonds is 6. The number of nitrogens with one attached hydrogen (secondary N) is 1. The lowest BCUT2D eigenvalue weighted by Crippen LogP contribution is -2.38. The van der Waals surface area contributed by atoms with Crippen molar-refractivity contribution in [2.75, 3.05) is 18.0 Å². The first-order valence-corrected chi connectivity index (χ1v) is 7.13. The molecule has 0 unspecified atom stereocenters. The van der Waals surface area contributed by atoms with Crippen LogP contribution < -0.4 is 10.2 Å². The molecule has 0 radical (unpaired) electrons. The first kappa shape index (κ1) is 17.8. The molecule has 1 aromatic rings. The van der Waals surface area contributed by atoms with Gasteiger partial charge in [0.1, 0.15) is 12.4 Å². The molecule has 0 aromatic carbocycles. The molecule has 0 saturated heterocycles. The summed E-state index contributed by atoms with van der Waals surface area (Å²) in [6.07, 6.45) is -2.06. The van der Waals surface area contributed by atoms with Gasteiger partial charge in [-0.3, -0.25) is 0 Å². The van der Waals surface area contributed by atoms with Crippen molar-refractivity contribution >= 4 is 5.82 Å². The van der Waals surface area contributed by atoms with Crippen LogP contribution in [0.3, 0.4) is 0 Å². The van der Waals surface area contributed by atoms with Crippen LogP contribution in [0.15, 0.2) is 18.3 Å². The van der Waals surface area contributed by atoms with Crippen LogP contribution in [-0.4, -0.2) is 29.8 Å². The molecule has 0 aliphatic rings. The van der Waals surface area contributed by atoms with Gasteiger partial charge in [0.15, 0.2) is 0 Å². The highest BCUT2D eigenvalue weighted by Crippen LogP contribution is 2.24. The Hall–Kier alpha value is -1.30. The molecule has 3 nitrogen and oxygen atoms in total. The van der Waals surface area contributed by atoms with Crippen molar-refractivity contribution in [2.45, 2.75) is 52.4 Å². The summed E-state index contributed by atoms with van der Waals surface area (Å²) in [4.78, 5) is 5.47. The minimum atomic E-state index is -4.23. The molecular weight excluding hydrogens is 279 g/mol. The molecule has 1 heterocycles. The number of anilines is 1. The van der Waals surface area contributed by atoms with Crippen LogP contribution in [0.2, 0.25) is 0 Å². The Morgan fingerprint density at radius 1 is 1.24 bits per heavy atom. The van der Waals surface area contributed by atoms with Crippen LogP contribution in [0.1, 0.15) is 39.7 Å². The van der Waals surface area contributed by atoms with Gasteiger partial charge in [0.25, 0.3) is 0 Å². The molecule has 0 amide bonds. The number of alkyl halides is 3. The van der Waals surface area contributed by atoms with E-state index in [9.17, 15) is 13.2 Å². The fraction of sp³-hybridized carbons (Fsp3) is 0.667. The van der Waals surface area contributed by atoms with Crippen molar-refractivity contribution < 1.29 is 13.2 Å². The predicted octanol–water partition coefficient (Wildman–Crippen LogP) is 3.75. The third kappa shape index (κ3) is 6.80. The largest absolute Gasteiger partial charge is 0.405 e. The van der Waals surface area contributed by atoms with E-state index in [-0.39, 0.29) is 5.54 Å². The van der Waals surface area contributed by atoms with Crippen molar-refractivity contribution in [3.8, 4) is 0 Å². The second-order valence-electron chi connectivity index (χ2n) is 6.13. The highest BCUT2D eigenvalue weighted by atomic mass is 19.4. The van der Waals surface area contributed by atoms with Gasteiger partial charge in [-0.05, 0) is 33.3 Å². The number of pyridine rings is 1. The molecular formula is C15H24F3N3. The Labute approximate surface area is 124 Å². The zero-order valence-corrected chi connectivity index (χ0v) is 13.1. The number of hydrogen-bond donors (Lipinski definition) is 1. The minimum Gasteiger partial charge on any atom is -0.347 e. The van der Waals surface area contributed by atoms with E-state index in [1.54, 1.807) is 6.07 Å². The average Bonchev–Trinajstić information content (AvgIpc) is 2.34. The third-order valence-corrected chi connectivity index (χ3v) is 2.84. The van der Waals surface area contributed by atoms with Crippen LogP contribution in [0, 0.1) is 0 Å². The van der Waals surface area contributed by atoms with E-state index in [2.05, 4.69) is 10.3 Å². The van der Waals surface area contributed by atoms with Gasteiger partial charge in [-0.1, -0.05) is 13.0 Å². The summed E-state index contributed by atoms with van der Waals surface area (Å²) >= 11 is 0. The van der Waals surface area contributed by atoms with Crippen molar-refractivity contribution in [2.24, 2.45) is 0 Å². The normalized spacial score (nSPS) is 12.5. The van der Waals surface area contributed by atoms with Gasteiger partial charge in [-0.25, -0.2) is 4.98 Å². The topological polar surface area (TPSA) is 28.2 Å². The standard InChI is InChI=1S/C15H24F3N3/c1-5-9-21(11-15(16,17)18)13-12(7-6-8-19-13)10-20-14(2,3)4/h6-8,20H,5,9-11H2,1-4H3. The van der Waals surface area contributed by atoms with E-state index in [1.165, 1.54) is 11.1 Å². The molecule has 0 atom stereocenters. The second-order valence-corrected chi connectivity index (χ2v) is 6.13. The Morgan fingerprint density at radius 3 is 2.43 bits per heavy atom. The van der Waals surface area contributed by atoms with Crippen LogP contribution in [0.5, 0.6) is 0 Å². The lowest BCUT2D eigenvalue weighted by Gasteiger charge is -2.28. The maximum Gasteiger partial charge on any atom is 0.405 e. The molecule has 6 heteroatoms. The summed E-state index contributed by atoms with van der Waals surface area (Å²) in [5.74, 6) is 0.411. The third-order valence-electron chi connectivity index (χ3n) is 2.84. The van der Waals surface area contributed by atoms with Gasteiger partial charge in [0, 0.05) is 30.4 Å². The summed E-state index contributed by atoms with van der Waals surface area (Å²) in [5.41, 5.74) is 0.678. The molecule has 0 aliphatic heterocycles. The van der Waals surface area contributed by atoms with Crippen LogP contribution >= 0.6 is 0 Å². The van der Waals surface area contributed by atoms with Crippen molar-refractivity contribution in [1.29, 1.82) is 0 Å².